The van der Waals surface area contributed by atoms with Gasteiger partial charge in [0.2, 0.25) is 6.79 Å². The van der Waals surface area contributed by atoms with Crippen LogP contribution in [-0.4, -0.2) is 18.8 Å². The number of carbonyl (C=O) groups is 1. The lowest BCUT2D eigenvalue weighted by Gasteiger charge is -2.18. The van der Waals surface area contributed by atoms with Crippen LogP contribution < -0.4 is 19.5 Å². The minimum atomic E-state index is -0.575. The summed E-state index contributed by atoms with van der Waals surface area (Å²) in [4.78, 5) is 12.3. The Kier molecular flexibility index (Phi) is 5.12. The van der Waals surface area contributed by atoms with Crippen molar-refractivity contribution < 1.29 is 19.0 Å². The van der Waals surface area contributed by atoms with Crippen LogP contribution in [0.25, 0.3) is 0 Å². The molecule has 0 saturated heterocycles. The maximum absolute atomic E-state index is 12.3. The maximum atomic E-state index is 12.3. The molecule has 0 aromatic heterocycles. The molecule has 0 fully saturated rings. The van der Waals surface area contributed by atoms with Gasteiger partial charge in [-0.1, -0.05) is 38.1 Å². The second-order valence-electron chi connectivity index (χ2n) is 6.36. The fourth-order valence-corrected chi connectivity index (χ4v) is 2.69. The zero-order valence-corrected chi connectivity index (χ0v) is 14.7. The smallest absolute Gasteiger partial charge is 0.261 e. The number of amides is 1. The SMILES string of the molecule is CC(C)c1ccccc1O[C@@H](C)C(=O)NCc1ccc2c(c1)OCO2. The summed E-state index contributed by atoms with van der Waals surface area (Å²) >= 11 is 0. The first-order valence-electron chi connectivity index (χ1n) is 8.46. The van der Waals surface area contributed by atoms with Crippen LogP contribution in [0.1, 0.15) is 37.8 Å². The van der Waals surface area contributed by atoms with E-state index in [9.17, 15) is 4.79 Å². The van der Waals surface area contributed by atoms with Gasteiger partial charge in [0, 0.05) is 6.54 Å². The molecule has 132 valence electrons. The molecule has 1 aliphatic rings. The van der Waals surface area contributed by atoms with Crippen molar-refractivity contribution in [1.82, 2.24) is 5.32 Å². The Hall–Kier alpha value is -2.69. The Labute approximate surface area is 147 Å². The molecule has 1 atom stereocenters. The molecule has 0 aliphatic carbocycles. The lowest BCUT2D eigenvalue weighted by atomic mass is 10.0. The van der Waals surface area contributed by atoms with E-state index in [0.29, 0.717) is 18.2 Å². The molecule has 3 rings (SSSR count). The zero-order chi connectivity index (χ0) is 17.8. The van der Waals surface area contributed by atoms with Gasteiger partial charge in [-0.25, -0.2) is 0 Å². The third kappa shape index (κ3) is 4.05. The highest BCUT2D eigenvalue weighted by Gasteiger charge is 2.18. The van der Waals surface area contributed by atoms with E-state index in [0.717, 1.165) is 22.6 Å². The van der Waals surface area contributed by atoms with Crippen LogP contribution in [0, 0.1) is 0 Å². The fraction of sp³-hybridized carbons (Fsp3) is 0.350. The van der Waals surface area contributed by atoms with E-state index in [1.54, 1.807) is 6.92 Å². The lowest BCUT2D eigenvalue weighted by molar-refractivity contribution is -0.127. The lowest BCUT2D eigenvalue weighted by Crippen LogP contribution is -2.36. The van der Waals surface area contributed by atoms with Crippen LogP contribution in [0.2, 0.25) is 0 Å². The van der Waals surface area contributed by atoms with Crippen molar-refractivity contribution in [2.75, 3.05) is 6.79 Å². The van der Waals surface area contributed by atoms with Crippen molar-refractivity contribution in [3.8, 4) is 17.2 Å². The summed E-state index contributed by atoms with van der Waals surface area (Å²) < 4.78 is 16.5. The zero-order valence-electron chi connectivity index (χ0n) is 14.7. The largest absolute Gasteiger partial charge is 0.481 e. The fourth-order valence-electron chi connectivity index (χ4n) is 2.69. The summed E-state index contributed by atoms with van der Waals surface area (Å²) in [7, 11) is 0. The number of benzene rings is 2. The first-order chi connectivity index (χ1) is 12.0. The third-order valence-electron chi connectivity index (χ3n) is 4.12. The molecule has 0 bridgehead atoms. The van der Waals surface area contributed by atoms with Gasteiger partial charge in [0.1, 0.15) is 5.75 Å². The molecule has 0 spiro atoms. The van der Waals surface area contributed by atoms with Gasteiger partial charge in [-0.3, -0.25) is 4.79 Å². The molecule has 5 nitrogen and oxygen atoms in total. The normalized spacial score (nSPS) is 13.6. The first kappa shape index (κ1) is 17.1. The summed E-state index contributed by atoms with van der Waals surface area (Å²) in [6, 6.07) is 13.5. The molecular weight excluding hydrogens is 318 g/mol. The average Bonchev–Trinajstić information content (AvgIpc) is 3.07. The van der Waals surface area contributed by atoms with Crippen LogP contribution in [0.15, 0.2) is 42.5 Å². The molecule has 0 unspecified atom stereocenters. The number of nitrogens with one attached hydrogen (secondary N) is 1. The molecule has 25 heavy (non-hydrogen) atoms. The topological polar surface area (TPSA) is 56.8 Å². The first-order valence-corrected chi connectivity index (χ1v) is 8.46. The van der Waals surface area contributed by atoms with Crippen molar-refractivity contribution in [2.24, 2.45) is 0 Å². The highest BCUT2D eigenvalue weighted by molar-refractivity contribution is 5.80. The molecular formula is C20H23NO4. The van der Waals surface area contributed by atoms with E-state index < -0.39 is 6.10 Å². The highest BCUT2D eigenvalue weighted by atomic mass is 16.7. The molecule has 5 heteroatoms. The third-order valence-corrected chi connectivity index (χ3v) is 4.12. The molecule has 1 amide bonds. The Balaban J connectivity index is 1.58. The minimum Gasteiger partial charge on any atom is -0.481 e. The predicted octanol–water partition coefficient (Wildman–Crippen LogP) is 3.62. The number of para-hydroxylation sites is 1. The van der Waals surface area contributed by atoms with Gasteiger partial charge in [0.25, 0.3) is 5.91 Å². The molecule has 0 saturated carbocycles. The van der Waals surface area contributed by atoms with Crippen molar-refractivity contribution in [3.05, 3.63) is 53.6 Å². The van der Waals surface area contributed by atoms with Gasteiger partial charge in [-0.05, 0) is 42.2 Å². The van der Waals surface area contributed by atoms with E-state index in [4.69, 9.17) is 14.2 Å². The maximum Gasteiger partial charge on any atom is 0.261 e. The van der Waals surface area contributed by atoms with Gasteiger partial charge in [-0.15, -0.1) is 0 Å². The summed E-state index contributed by atoms with van der Waals surface area (Å²) in [5.41, 5.74) is 2.05. The number of rotatable bonds is 6. The molecule has 1 N–H and O–H groups in total. The standard InChI is InChI=1S/C20H23NO4/c1-13(2)16-6-4-5-7-17(16)25-14(3)20(22)21-11-15-8-9-18-19(10-15)24-12-23-18/h4-10,13-14H,11-12H2,1-3H3,(H,21,22)/t14-/m0/s1. The summed E-state index contributed by atoms with van der Waals surface area (Å²) in [6.07, 6.45) is -0.575. The van der Waals surface area contributed by atoms with Crippen molar-refractivity contribution >= 4 is 5.91 Å². The van der Waals surface area contributed by atoms with Crippen molar-refractivity contribution in [1.29, 1.82) is 0 Å². The van der Waals surface area contributed by atoms with Crippen LogP contribution >= 0.6 is 0 Å². The van der Waals surface area contributed by atoms with Gasteiger partial charge >= 0.3 is 0 Å². The van der Waals surface area contributed by atoms with E-state index in [2.05, 4.69) is 19.2 Å². The number of fused-ring (bicyclic) bond motifs is 1. The highest BCUT2D eigenvalue weighted by Crippen LogP contribution is 2.32. The van der Waals surface area contributed by atoms with E-state index in [-0.39, 0.29) is 12.7 Å². The number of carbonyl (C=O) groups excluding carboxylic acids is 1. The van der Waals surface area contributed by atoms with Gasteiger partial charge < -0.3 is 19.5 Å². The summed E-state index contributed by atoms with van der Waals surface area (Å²) in [5, 5.41) is 2.90. The number of hydrogen-bond acceptors (Lipinski definition) is 4. The summed E-state index contributed by atoms with van der Waals surface area (Å²) in [6.45, 7) is 6.62. The quantitative estimate of drug-likeness (QED) is 0.872. The van der Waals surface area contributed by atoms with Crippen LogP contribution in [0.3, 0.4) is 0 Å². The van der Waals surface area contributed by atoms with Crippen LogP contribution in [0.5, 0.6) is 17.2 Å². The molecule has 1 heterocycles. The second kappa shape index (κ2) is 7.47. The number of hydrogen-bond donors (Lipinski definition) is 1. The number of ether oxygens (including phenoxy) is 3. The van der Waals surface area contributed by atoms with Crippen LogP contribution in [0.4, 0.5) is 0 Å². The van der Waals surface area contributed by atoms with Gasteiger partial charge in [0.15, 0.2) is 17.6 Å². The van der Waals surface area contributed by atoms with Gasteiger partial charge in [0.05, 0.1) is 0 Å². The Morgan fingerprint density at radius 3 is 2.68 bits per heavy atom. The van der Waals surface area contributed by atoms with E-state index in [1.165, 1.54) is 0 Å². The van der Waals surface area contributed by atoms with Crippen LogP contribution in [-0.2, 0) is 11.3 Å². The summed E-state index contributed by atoms with van der Waals surface area (Å²) in [5.74, 6) is 2.37. The molecule has 2 aromatic rings. The predicted molar refractivity (Wildman–Crippen MR) is 95.0 cm³/mol. The monoisotopic (exact) mass is 341 g/mol. The van der Waals surface area contributed by atoms with Crippen molar-refractivity contribution in [2.45, 2.75) is 39.3 Å². The van der Waals surface area contributed by atoms with E-state index in [1.807, 2.05) is 42.5 Å². The Morgan fingerprint density at radius 2 is 1.88 bits per heavy atom. The van der Waals surface area contributed by atoms with E-state index >= 15 is 0 Å². The Morgan fingerprint density at radius 1 is 1.12 bits per heavy atom. The minimum absolute atomic E-state index is 0.156. The molecule has 1 aliphatic heterocycles. The Bertz CT molecular complexity index is 757. The molecule has 0 radical (unpaired) electrons. The molecule has 2 aromatic carbocycles. The second-order valence-corrected chi connectivity index (χ2v) is 6.36. The average molecular weight is 341 g/mol. The van der Waals surface area contributed by atoms with Gasteiger partial charge in [-0.2, -0.15) is 0 Å². The van der Waals surface area contributed by atoms with Crippen molar-refractivity contribution in [3.63, 3.8) is 0 Å².